The number of benzene rings is 1. The molecule has 5 fully saturated rings. The molecule has 482 valence electrons. The van der Waals surface area contributed by atoms with Gasteiger partial charge in [-0.05, 0) is 158 Å². The molecule has 0 radical (unpaired) electrons. The summed E-state index contributed by atoms with van der Waals surface area (Å²) < 4.78 is 65.8. The Bertz CT molecular complexity index is 2440. The van der Waals surface area contributed by atoms with Crippen molar-refractivity contribution in [3.63, 3.8) is 0 Å². The van der Waals surface area contributed by atoms with Crippen molar-refractivity contribution in [2.45, 2.75) is 299 Å². The van der Waals surface area contributed by atoms with Gasteiger partial charge in [-0.15, -0.1) is 0 Å². The number of nitrogens with zero attached hydrogens (tertiary/aromatic N) is 1. The van der Waals surface area contributed by atoms with Crippen LogP contribution in [0.15, 0.2) is 58.7 Å². The van der Waals surface area contributed by atoms with Crippen molar-refractivity contribution in [2.24, 2.45) is 17.8 Å². The SMILES string of the molecule is C=C1C[C@H](CCCO)OC1CC[C@H]1C[C@@H](C)C(=C)C(C[C@@H]2OC(C[C@@H](CN3C(=O)c4ccccc4C3=O)O[Si](C)(C)C(C)(C)C)[C@H](OC)[C@H]2CC(O)CC2CC[C@@H]3OC([C@H](/C=C/I)O[Si](C)(C)C(C)(C)C)[C@@H](O[Si](C)(C)C(C)(C)C)[C@@H](C)[C@H]3O2)O1. The summed E-state index contributed by atoms with van der Waals surface area (Å²) in [7, 11) is -5.34. The molecule has 18 atom stereocenters. The molecule has 5 saturated heterocycles. The standard InChI is InChI=1S/C67H112INO13Si3/c1-41-34-47(27-29-53-42(2)35-46(75-53)24-23-33-70)76-56(43(41)3)39-57-52(61(74-14)58(78-57)38-49(80-83(15,16)65(5,6)7)40-69-63(72)50-25-21-22-26-51(50)64(69)73)37-45(71)36-48-28-30-54-59(77-48)44(4)60(82-85(19,20)67(11,12)13)62(79-54)55(31-32-68)81-84(17,18)66(8,9)10/h21-22,25-26,31-32,41,44-49,52-62,70-71H,2-3,23-24,27-30,33-40H2,1,4-20H3/b32-31+/t41-,44+,45?,46+,47+,48?,49+,52+,53?,54+,55+,56?,57+,58?,59-,60+,61-,62?/m1/s1. The molecule has 6 unspecified atom stereocenters. The van der Waals surface area contributed by atoms with E-state index in [4.69, 9.17) is 41.7 Å². The average Bonchev–Trinajstić information content (AvgIpc) is 1.93. The van der Waals surface area contributed by atoms with E-state index in [2.05, 4.69) is 161 Å². The van der Waals surface area contributed by atoms with Crippen LogP contribution in [-0.4, -0.2) is 164 Å². The molecule has 2 N–H and O–H groups in total. The summed E-state index contributed by atoms with van der Waals surface area (Å²) in [5.41, 5.74) is 2.94. The number of rotatable bonds is 25. The number of aliphatic hydroxyl groups is 2. The third-order valence-electron chi connectivity index (χ3n) is 21.4. The fourth-order valence-corrected chi connectivity index (χ4v) is 17.6. The lowest BCUT2D eigenvalue weighted by Gasteiger charge is -2.54. The molecular formula is C67H112INO13Si3. The zero-order valence-corrected chi connectivity index (χ0v) is 60.5. The molecule has 14 nitrogen and oxygen atoms in total. The van der Waals surface area contributed by atoms with Crippen molar-refractivity contribution >= 4 is 59.4 Å². The van der Waals surface area contributed by atoms with Gasteiger partial charge >= 0.3 is 0 Å². The summed E-state index contributed by atoms with van der Waals surface area (Å²) in [6.45, 7) is 47.6. The van der Waals surface area contributed by atoms with Gasteiger partial charge in [0.1, 0.15) is 6.10 Å². The van der Waals surface area contributed by atoms with E-state index in [1.54, 1.807) is 31.4 Å². The van der Waals surface area contributed by atoms with Crippen molar-refractivity contribution in [3.8, 4) is 0 Å². The summed E-state index contributed by atoms with van der Waals surface area (Å²) in [6, 6.07) is 7.01. The highest BCUT2D eigenvalue weighted by molar-refractivity contribution is 14.1. The van der Waals surface area contributed by atoms with Crippen LogP contribution >= 0.6 is 22.6 Å². The number of amides is 2. The molecular weight excluding hydrogens is 1240 g/mol. The second-order valence-corrected chi connectivity index (χ2v) is 45.7. The highest BCUT2D eigenvalue weighted by Crippen LogP contribution is 2.48. The predicted molar refractivity (Wildman–Crippen MR) is 354 cm³/mol. The number of carbonyl (C=O) groups excluding carboxylic acids is 2. The van der Waals surface area contributed by atoms with Gasteiger partial charge in [0.25, 0.3) is 11.8 Å². The first kappa shape index (κ1) is 71.0. The Balaban J connectivity index is 1.14. The van der Waals surface area contributed by atoms with Crippen molar-refractivity contribution in [2.75, 3.05) is 20.3 Å². The molecule has 0 bridgehead atoms. The average molecular weight is 1350 g/mol. The quantitative estimate of drug-likeness (QED) is 0.0412. The Morgan fingerprint density at radius 1 is 0.741 bits per heavy atom. The zero-order valence-electron chi connectivity index (χ0n) is 55.4. The normalized spacial score (nSPS) is 33.0. The predicted octanol–water partition coefficient (Wildman–Crippen LogP) is 14.3. The third-order valence-corrected chi connectivity index (χ3v) is 35.3. The largest absolute Gasteiger partial charge is 0.412 e. The van der Waals surface area contributed by atoms with Crippen molar-refractivity contribution in [3.05, 3.63) is 69.9 Å². The van der Waals surface area contributed by atoms with E-state index in [1.165, 1.54) is 4.90 Å². The maximum atomic E-state index is 14.0. The lowest BCUT2D eigenvalue weighted by Crippen LogP contribution is -2.64. The highest BCUT2D eigenvalue weighted by Gasteiger charge is 2.55. The number of carbonyl (C=O) groups is 2. The van der Waals surface area contributed by atoms with E-state index < -0.39 is 55.5 Å². The third kappa shape index (κ3) is 16.8. The molecule has 0 aliphatic carbocycles. The molecule has 2 amide bonds. The zero-order chi connectivity index (χ0) is 62.9. The van der Waals surface area contributed by atoms with E-state index in [0.717, 1.165) is 56.1 Å². The number of aliphatic hydroxyl groups excluding tert-OH is 2. The van der Waals surface area contributed by atoms with Crippen LogP contribution in [-0.2, 0) is 41.7 Å². The molecule has 1 aromatic rings. The molecule has 6 aliphatic rings. The van der Waals surface area contributed by atoms with Gasteiger partial charge in [-0.3, -0.25) is 14.5 Å². The van der Waals surface area contributed by atoms with E-state index in [9.17, 15) is 19.8 Å². The smallest absolute Gasteiger partial charge is 0.261 e. The molecule has 6 heterocycles. The first-order valence-electron chi connectivity index (χ1n) is 32.2. The van der Waals surface area contributed by atoms with Crippen molar-refractivity contribution < 1.29 is 61.5 Å². The molecule has 0 aromatic heterocycles. The summed E-state index contributed by atoms with van der Waals surface area (Å²) in [5, 5.41) is 21.9. The fourth-order valence-electron chi connectivity index (χ4n) is 13.2. The van der Waals surface area contributed by atoms with Crippen LogP contribution in [0.25, 0.3) is 0 Å². The number of hydrogen-bond donors (Lipinski definition) is 2. The number of methoxy groups -OCH3 is 1. The highest BCUT2D eigenvalue weighted by atomic mass is 127. The number of fused-ring (bicyclic) bond motifs is 2. The minimum absolute atomic E-state index is 0.000294. The number of imide groups is 1. The lowest BCUT2D eigenvalue weighted by molar-refractivity contribution is -0.253. The summed E-state index contributed by atoms with van der Waals surface area (Å²) in [5.74, 6) is -0.728. The molecule has 18 heteroatoms. The molecule has 7 rings (SSSR count). The van der Waals surface area contributed by atoms with E-state index >= 15 is 0 Å². The van der Waals surface area contributed by atoms with Crippen LogP contribution in [0.1, 0.15) is 174 Å². The van der Waals surface area contributed by atoms with Crippen LogP contribution in [0.3, 0.4) is 0 Å². The summed E-state index contributed by atoms with van der Waals surface area (Å²) in [6.07, 6.45) is 5.63. The summed E-state index contributed by atoms with van der Waals surface area (Å²) in [4.78, 5) is 29.3. The van der Waals surface area contributed by atoms with Gasteiger partial charge in [-0.1, -0.05) is 124 Å². The monoisotopic (exact) mass is 1350 g/mol. The Kier molecular flexibility index (Phi) is 23.9. The Morgan fingerprint density at radius 2 is 1.35 bits per heavy atom. The van der Waals surface area contributed by atoms with Gasteiger partial charge < -0.3 is 51.9 Å². The lowest BCUT2D eigenvalue weighted by atomic mass is 9.80. The fraction of sp³-hybridized carbons (Fsp3) is 0.791. The van der Waals surface area contributed by atoms with E-state index in [-0.39, 0.29) is 119 Å². The molecule has 6 aliphatic heterocycles. The Morgan fingerprint density at radius 3 is 1.94 bits per heavy atom. The van der Waals surface area contributed by atoms with Crippen LogP contribution in [0.5, 0.6) is 0 Å². The second kappa shape index (κ2) is 28.6. The van der Waals surface area contributed by atoms with Crippen LogP contribution in [0.4, 0.5) is 0 Å². The van der Waals surface area contributed by atoms with Gasteiger partial charge in [0.2, 0.25) is 0 Å². The first-order valence-corrected chi connectivity index (χ1v) is 42.2. The number of halogens is 1. The topological polar surface area (TPSA) is 161 Å². The van der Waals surface area contributed by atoms with Gasteiger partial charge in [-0.2, -0.15) is 0 Å². The Hall–Kier alpha value is -1.48. The van der Waals surface area contributed by atoms with E-state index in [0.29, 0.717) is 43.2 Å². The van der Waals surface area contributed by atoms with Crippen LogP contribution < -0.4 is 0 Å². The maximum Gasteiger partial charge on any atom is 0.261 e. The van der Waals surface area contributed by atoms with Gasteiger partial charge in [0, 0.05) is 38.4 Å². The van der Waals surface area contributed by atoms with Crippen LogP contribution in [0.2, 0.25) is 54.4 Å². The minimum atomic E-state index is -2.50. The number of hydrogen-bond acceptors (Lipinski definition) is 13. The Labute approximate surface area is 529 Å². The van der Waals surface area contributed by atoms with Gasteiger partial charge in [-0.25, -0.2) is 0 Å². The number of ether oxygens (including phenoxy) is 6. The minimum Gasteiger partial charge on any atom is -0.412 e. The van der Waals surface area contributed by atoms with Crippen LogP contribution in [0, 0.1) is 17.8 Å². The second-order valence-electron chi connectivity index (χ2n) is 30.8. The maximum absolute atomic E-state index is 14.0. The summed E-state index contributed by atoms with van der Waals surface area (Å²) >= 11 is 2.30. The van der Waals surface area contributed by atoms with Gasteiger partial charge in [0.05, 0.1) is 103 Å². The van der Waals surface area contributed by atoms with Crippen molar-refractivity contribution in [1.29, 1.82) is 0 Å². The molecule has 85 heavy (non-hydrogen) atoms. The van der Waals surface area contributed by atoms with Crippen molar-refractivity contribution in [1.82, 2.24) is 4.90 Å². The molecule has 1 aromatic carbocycles. The molecule has 0 saturated carbocycles. The van der Waals surface area contributed by atoms with Gasteiger partial charge in [0.15, 0.2) is 25.0 Å². The molecule has 0 spiro atoms. The first-order chi connectivity index (χ1) is 39.5. The van der Waals surface area contributed by atoms with E-state index in [1.807, 2.05) is 0 Å².